The molecule has 28 heavy (non-hydrogen) atoms. The van der Waals surface area contributed by atoms with Crippen molar-refractivity contribution < 1.29 is 9.59 Å². The Hall–Kier alpha value is -3.22. The molecule has 2 aromatic rings. The fourth-order valence-corrected chi connectivity index (χ4v) is 3.05. The van der Waals surface area contributed by atoms with Crippen molar-refractivity contribution in [2.45, 2.75) is 32.9 Å². The summed E-state index contributed by atoms with van der Waals surface area (Å²) < 4.78 is 0. The second-order valence-corrected chi connectivity index (χ2v) is 7.37. The van der Waals surface area contributed by atoms with Crippen LogP contribution >= 0.6 is 0 Å². The van der Waals surface area contributed by atoms with E-state index in [1.165, 1.54) is 4.90 Å². The van der Waals surface area contributed by atoms with Crippen LogP contribution < -0.4 is 10.6 Å². The molecule has 3 rings (SSSR count). The molecule has 0 aliphatic carbocycles. The van der Waals surface area contributed by atoms with Crippen LogP contribution in [0.1, 0.15) is 37.9 Å². The number of aliphatic imine (C=N–C) groups is 1. The molecule has 0 saturated carbocycles. The summed E-state index contributed by atoms with van der Waals surface area (Å²) in [5.74, 6) is -0.164. The van der Waals surface area contributed by atoms with Gasteiger partial charge in [-0.2, -0.15) is 0 Å². The first kappa shape index (κ1) is 19.5. The molecule has 0 unspecified atom stereocenters. The Labute approximate surface area is 164 Å². The van der Waals surface area contributed by atoms with E-state index in [0.717, 1.165) is 22.3 Å². The van der Waals surface area contributed by atoms with Crippen LogP contribution in [0.5, 0.6) is 0 Å². The minimum absolute atomic E-state index is 0.0407. The summed E-state index contributed by atoms with van der Waals surface area (Å²) in [5, 5.41) is 5.71. The molecule has 1 aliphatic heterocycles. The summed E-state index contributed by atoms with van der Waals surface area (Å²) in [7, 11) is 3.36. The molecule has 0 fully saturated rings. The van der Waals surface area contributed by atoms with Crippen LogP contribution in [0.15, 0.2) is 41.7 Å². The third-order valence-electron chi connectivity index (χ3n) is 4.45. The topological polar surface area (TPSA) is 86.7 Å². The van der Waals surface area contributed by atoms with Crippen molar-refractivity contribution in [3.63, 3.8) is 0 Å². The minimum Gasteiger partial charge on any atom is -0.349 e. The van der Waals surface area contributed by atoms with Gasteiger partial charge in [0, 0.05) is 37.5 Å². The fraction of sp³-hybridized carbons (Fsp3) is 0.333. The summed E-state index contributed by atoms with van der Waals surface area (Å²) >= 11 is 0. The number of aromatic nitrogens is 1. The molecule has 1 atom stereocenters. The molecular weight excluding hydrogens is 354 g/mol. The van der Waals surface area contributed by atoms with Gasteiger partial charge in [0.2, 0.25) is 0 Å². The number of carbonyl (C=O) groups is 2. The van der Waals surface area contributed by atoms with Crippen LogP contribution in [-0.4, -0.2) is 47.7 Å². The Balaban J connectivity index is 1.93. The molecule has 7 nitrogen and oxygen atoms in total. The van der Waals surface area contributed by atoms with Crippen molar-refractivity contribution in [3.05, 3.63) is 47.8 Å². The maximum absolute atomic E-state index is 12.5. The number of urea groups is 1. The lowest BCUT2D eigenvalue weighted by Crippen LogP contribution is -2.35. The normalized spacial score (nSPS) is 15.1. The largest absolute Gasteiger partial charge is 0.349 e. The van der Waals surface area contributed by atoms with Crippen LogP contribution in [0.3, 0.4) is 0 Å². The quantitative estimate of drug-likeness (QED) is 0.855. The molecule has 1 aliphatic rings. The number of nitrogens with one attached hydrogen (secondary N) is 2. The van der Waals surface area contributed by atoms with Gasteiger partial charge in [-0.3, -0.25) is 14.8 Å². The van der Waals surface area contributed by atoms with Crippen molar-refractivity contribution in [2.75, 3.05) is 19.4 Å². The average Bonchev–Trinajstić information content (AvgIpc) is 2.97. The maximum atomic E-state index is 12.5. The molecule has 1 aromatic carbocycles. The van der Waals surface area contributed by atoms with Crippen molar-refractivity contribution in [3.8, 4) is 11.1 Å². The van der Waals surface area contributed by atoms with Gasteiger partial charge in [-0.15, -0.1) is 0 Å². The van der Waals surface area contributed by atoms with E-state index in [9.17, 15) is 9.59 Å². The zero-order valence-corrected chi connectivity index (χ0v) is 16.8. The highest BCUT2D eigenvalue weighted by Crippen LogP contribution is 2.33. The molecule has 0 spiro atoms. The van der Waals surface area contributed by atoms with Gasteiger partial charge in [0.05, 0.1) is 17.9 Å². The summed E-state index contributed by atoms with van der Waals surface area (Å²) in [6.07, 6.45) is 3.33. The van der Waals surface area contributed by atoms with E-state index < -0.39 is 0 Å². The zero-order chi connectivity index (χ0) is 20.4. The Kier molecular flexibility index (Phi) is 5.44. The monoisotopic (exact) mass is 379 g/mol. The molecule has 0 radical (unpaired) electrons. The summed E-state index contributed by atoms with van der Waals surface area (Å²) in [6, 6.07) is 7.58. The third kappa shape index (κ3) is 4.03. The van der Waals surface area contributed by atoms with E-state index in [-0.39, 0.29) is 24.0 Å². The Morgan fingerprint density at radius 1 is 1.11 bits per heavy atom. The van der Waals surface area contributed by atoms with Gasteiger partial charge in [0.25, 0.3) is 5.91 Å². The number of hydrogen-bond acceptors (Lipinski definition) is 4. The number of carbonyl (C=O) groups excluding carboxylic acids is 2. The molecule has 146 valence electrons. The highest BCUT2D eigenvalue weighted by atomic mass is 16.2. The van der Waals surface area contributed by atoms with E-state index in [1.54, 1.807) is 26.5 Å². The van der Waals surface area contributed by atoms with Gasteiger partial charge < -0.3 is 15.5 Å². The maximum Gasteiger partial charge on any atom is 0.321 e. The highest BCUT2D eigenvalue weighted by Gasteiger charge is 2.27. The average molecular weight is 379 g/mol. The number of anilines is 1. The molecule has 1 aromatic heterocycles. The Bertz CT molecular complexity index is 950. The molecule has 3 amide bonds. The number of nitrogens with zero attached hydrogens (tertiary/aromatic N) is 3. The first-order valence-electron chi connectivity index (χ1n) is 9.23. The first-order chi connectivity index (χ1) is 13.3. The minimum atomic E-state index is -0.221. The van der Waals surface area contributed by atoms with Gasteiger partial charge in [-0.05, 0) is 44.0 Å². The third-order valence-corrected chi connectivity index (χ3v) is 4.45. The predicted molar refractivity (Wildman–Crippen MR) is 111 cm³/mol. The van der Waals surface area contributed by atoms with Crippen LogP contribution in [0.25, 0.3) is 11.1 Å². The molecule has 0 bridgehead atoms. The van der Waals surface area contributed by atoms with Gasteiger partial charge in [-0.1, -0.05) is 12.1 Å². The standard InChI is InChI=1S/C21H25N5O2/c1-12(2)23-20(27)19-18-9-14(6-7-17(18)13(3)24-19)15-8-16(11-22-10-15)25-21(28)26(4)5/h6-13H,1-5H3,(H,23,27)(H,25,28)/t13-/m0/s1. The molecular formula is C21H25N5O2. The molecule has 2 heterocycles. The molecule has 2 N–H and O–H groups in total. The van der Waals surface area contributed by atoms with E-state index in [4.69, 9.17) is 0 Å². The lowest BCUT2D eigenvalue weighted by Gasteiger charge is -2.13. The number of benzene rings is 1. The number of hydrogen-bond donors (Lipinski definition) is 2. The summed E-state index contributed by atoms with van der Waals surface area (Å²) in [5.41, 5.74) is 4.70. The number of amides is 3. The smallest absolute Gasteiger partial charge is 0.321 e. The Morgan fingerprint density at radius 2 is 1.86 bits per heavy atom. The van der Waals surface area contributed by atoms with Gasteiger partial charge >= 0.3 is 6.03 Å². The van der Waals surface area contributed by atoms with Crippen molar-refractivity contribution >= 4 is 23.3 Å². The van der Waals surface area contributed by atoms with E-state index >= 15 is 0 Å². The Morgan fingerprint density at radius 3 is 2.54 bits per heavy atom. The molecule has 0 saturated heterocycles. The zero-order valence-electron chi connectivity index (χ0n) is 16.8. The molecule has 7 heteroatoms. The lowest BCUT2D eigenvalue weighted by atomic mass is 9.96. The predicted octanol–water partition coefficient (Wildman–Crippen LogP) is 3.23. The highest BCUT2D eigenvalue weighted by molar-refractivity contribution is 6.46. The van der Waals surface area contributed by atoms with Crippen LogP contribution in [0.2, 0.25) is 0 Å². The summed E-state index contributed by atoms with van der Waals surface area (Å²) in [6.45, 7) is 5.83. The van der Waals surface area contributed by atoms with Crippen LogP contribution in [0.4, 0.5) is 10.5 Å². The fourth-order valence-electron chi connectivity index (χ4n) is 3.05. The summed E-state index contributed by atoms with van der Waals surface area (Å²) in [4.78, 5) is 34.7. The number of pyridine rings is 1. The van der Waals surface area contributed by atoms with Gasteiger partial charge in [0.1, 0.15) is 5.71 Å². The second kappa shape index (κ2) is 7.80. The van der Waals surface area contributed by atoms with E-state index in [2.05, 4.69) is 20.6 Å². The first-order valence-corrected chi connectivity index (χ1v) is 9.23. The second-order valence-electron chi connectivity index (χ2n) is 7.37. The van der Waals surface area contributed by atoms with Gasteiger partial charge in [-0.25, -0.2) is 4.79 Å². The number of rotatable bonds is 4. The van der Waals surface area contributed by atoms with Crippen LogP contribution in [-0.2, 0) is 4.79 Å². The van der Waals surface area contributed by atoms with Crippen LogP contribution in [0, 0.1) is 0 Å². The lowest BCUT2D eigenvalue weighted by molar-refractivity contribution is -0.115. The van der Waals surface area contributed by atoms with Crippen molar-refractivity contribution in [1.82, 2.24) is 15.2 Å². The van der Waals surface area contributed by atoms with E-state index in [1.807, 2.05) is 45.0 Å². The van der Waals surface area contributed by atoms with Crippen molar-refractivity contribution in [1.29, 1.82) is 0 Å². The van der Waals surface area contributed by atoms with E-state index in [0.29, 0.717) is 11.4 Å². The van der Waals surface area contributed by atoms with Gasteiger partial charge in [0.15, 0.2) is 0 Å². The van der Waals surface area contributed by atoms with Crippen molar-refractivity contribution in [2.24, 2.45) is 4.99 Å². The SMILES string of the molecule is CC(C)NC(=O)C1=N[C@@H](C)c2ccc(-c3cncc(NC(=O)N(C)C)c3)cc21. The number of fused-ring (bicyclic) bond motifs is 1.